The van der Waals surface area contributed by atoms with E-state index in [1.165, 1.54) is 0 Å². The van der Waals surface area contributed by atoms with Crippen molar-refractivity contribution in [3.8, 4) is 11.5 Å². The Morgan fingerprint density at radius 3 is 2.33 bits per heavy atom. The summed E-state index contributed by atoms with van der Waals surface area (Å²) in [5.41, 5.74) is 1.50. The fraction of sp³-hybridized carbons (Fsp3) is 0.278. The molecule has 1 aliphatic heterocycles. The van der Waals surface area contributed by atoms with Crippen LogP contribution in [0.5, 0.6) is 11.5 Å². The molecule has 0 unspecified atom stereocenters. The molecule has 3 heteroatoms. The Bertz CT molecular complexity index is 687. The SMILES string of the molecule is O=C(c1ccc2c(c1)OCCO2)C1(c2ccccc2)CC1. The van der Waals surface area contributed by atoms with Crippen LogP contribution in [0.1, 0.15) is 28.8 Å². The molecule has 0 amide bonds. The minimum atomic E-state index is -0.328. The van der Waals surface area contributed by atoms with Crippen molar-refractivity contribution < 1.29 is 14.3 Å². The van der Waals surface area contributed by atoms with Crippen LogP contribution in [-0.4, -0.2) is 19.0 Å². The van der Waals surface area contributed by atoms with Crippen LogP contribution in [0.4, 0.5) is 0 Å². The number of hydrogen-bond acceptors (Lipinski definition) is 3. The number of benzene rings is 2. The highest BCUT2D eigenvalue weighted by Crippen LogP contribution is 2.50. The van der Waals surface area contributed by atoms with Crippen molar-refractivity contribution in [3.05, 3.63) is 59.7 Å². The average Bonchev–Trinajstić information content (AvgIpc) is 3.36. The normalized spacial score (nSPS) is 18.1. The second-order valence-corrected chi connectivity index (χ2v) is 5.64. The van der Waals surface area contributed by atoms with Crippen molar-refractivity contribution in [1.82, 2.24) is 0 Å². The van der Waals surface area contributed by atoms with Crippen LogP contribution in [0, 0.1) is 0 Å². The Labute approximate surface area is 123 Å². The first-order valence-electron chi connectivity index (χ1n) is 7.30. The van der Waals surface area contributed by atoms with Crippen molar-refractivity contribution in [1.29, 1.82) is 0 Å². The highest BCUT2D eigenvalue weighted by atomic mass is 16.6. The van der Waals surface area contributed by atoms with Gasteiger partial charge in [-0.25, -0.2) is 0 Å². The van der Waals surface area contributed by atoms with Crippen molar-refractivity contribution in [3.63, 3.8) is 0 Å². The van der Waals surface area contributed by atoms with Gasteiger partial charge in [-0.15, -0.1) is 0 Å². The number of rotatable bonds is 3. The zero-order chi connectivity index (χ0) is 14.3. The topological polar surface area (TPSA) is 35.5 Å². The molecule has 1 heterocycles. The second-order valence-electron chi connectivity index (χ2n) is 5.64. The molecule has 2 aromatic rings. The number of hydrogen-bond donors (Lipinski definition) is 0. The van der Waals surface area contributed by atoms with Gasteiger partial charge in [-0.2, -0.15) is 0 Å². The Kier molecular flexibility index (Phi) is 2.74. The van der Waals surface area contributed by atoms with Crippen molar-refractivity contribution >= 4 is 5.78 Å². The first kappa shape index (κ1) is 12.5. The van der Waals surface area contributed by atoms with Gasteiger partial charge in [0, 0.05) is 5.56 Å². The molecular formula is C18H16O3. The van der Waals surface area contributed by atoms with Crippen molar-refractivity contribution in [2.45, 2.75) is 18.3 Å². The molecule has 0 radical (unpaired) electrons. The Hall–Kier alpha value is -2.29. The van der Waals surface area contributed by atoms with Gasteiger partial charge in [0.15, 0.2) is 17.3 Å². The van der Waals surface area contributed by atoms with Gasteiger partial charge in [0.1, 0.15) is 13.2 Å². The van der Waals surface area contributed by atoms with Crippen LogP contribution in [0.2, 0.25) is 0 Å². The molecule has 0 aromatic heterocycles. The Balaban J connectivity index is 1.69. The molecule has 3 nitrogen and oxygen atoms in total. The highest BCUT2D eigenvalue weighted by Gasteiger charge is 2.51. The Morgan fingerprint density at radius 1 is 0.905 bits per heavy atom. The third-order valence-corrected chi connectivity index (χ3v) is 4.32. The van der Waals surface area contributed by atoms with Gasteiger partial charge in [0.25, 0.3) is 0 Å². The third kappa shape index (κ3) is 2.00. The molecule has 0 atom stereocenters. The summed E-state index contributed by atoms with van der Waals surface area (Å²) in [5, 5.41) is 0. The maximum atomic E-state index is 12.9. The molecule has 2 aliphatic rings. The van der Waals surface area contributed by atoms with E-state index in [1.54, 1.807) is 0 Å². The molecule has 4 rings (SSSR count). The molecule has 1 fully saturated rings. The molecule has 2 aromatic carbocycles. The first-order chi connectivity index (χ1) is 10.3. The van der Waals surface area contributed by atoms with E-state index in [9.17, 15) is 4.79 Å². The lowest BCUT2D eigenvalue weighted by Crippen LogP contribution is -2.21. The molecule has 1 saturated carbocycles. The summed E-state index contributed by atoms with van der Waals surface area (Å²) in [6, 6.07) is 15.6. The number of carbonyl (C=O) groups is 1. The maximum Gasteiger partial charge on any atom is 0.173 e. The zero-order valence-corrected chi connectivity index (χ0v) is 11.7. The number of ether oxygens (including phenoxy) is 2. The maximum absolute atomic E-state index is 12.9. The van der Waals surface area contributed by atoms with Crippen LogP contribution >= 0.6 is 0 Å². The van der Waals surface area contributed by atoms with E-state index < -0.39 is 0 Å². The summed E-state index contributed by atoms with van der Waals surface area (Å²) in [7, 11) is 0. The zero-order valence-electron chi connectivity index (χ0n) is 11.7. The van der Waals surface area contributed by atoms with Gasteiger partial charge in [-0.3, -0.25) is 4.79 Å². The molecule has 0 bridgehead atoms. The van der Waals surface area contributed by atoms with Crippen molar-refractivity contribution in [2.75, 3.05) is 13.2 Å². The van der Waals surface area contributed by atoms with E-state index in [0.29, 0.717) is 24.5 Å². The molecule has 21 heavy (non-hydrogen) atoms. The van der Waals surface area contributed by atoms with Crippen LogP contribution in [0.25, 0.3) is 0 Å². The Morgan fingerprint density at radius 2 is 1.62 bits per heavy atom. The molecule has 1 aliphatic carbocycles. The summed E-state index contributed by atoms with van der Waals surface area (Å²) in [6.45, 7) is 1.10. The first-order valence-corrected chi connectivity index (χ1v) is 7.30. The number of fused-ring (bicyclic) bond motifs is 1. The summed E-state index contributed by atoms with van der Waals surface area (Å²) in [4.78, 5) is 12.9. The van der Waals surface area contributed by atoms with Gasteiger partial charge in [-0.05, 0) is 36.6 Å². The summed E-state index contributed by atoms with van der Waals surface area (Å²) in [5.74, 6) is 1.59. The quantitative estimate of drug-likeness (QED) is 0.809. The second kappa shape index (κ2) is 4.62. The van der Waals surface area contributed by atoms with E-state index in [0.717, 1.165) is 24.2 Å². The molecule has 0 saturated heterocycles. The van der Waals surface area contributed by atoms with E-state index in [1.807, 2.05) is 48.5 Å². The van der Waals surface area contributed by atoms with Gasteiger partial charge in [-0.1, -0.05) is 30.3 Å². The van der Waals surface area contributed by atoms with Gasteiger partial charge in [0.2, 0.25) is 0 Å². The van der Waals surface area contributed by atoms with Crippen molar-refractivity contribution in [2.24, 2.45) is 0 Å². The fourth-order valence-corrected chi connectivity index (χ4v) is 2.99. The smallest absolute Gasteiger partial charge is 0.173 e. The average molecular weight is 280 g/mol. The van der Waals surface area contributed by atoms with Crippen LogP contribution in [0.3, 0.4) is 0 Å². The lowest BCUT2D eigenvalue weighted by molar-refractivity contribution is 0.0945. The minimum Gasteiger partial charge on any atom is -0.486 e. The molecule has 0 spiro atoms. The van der Waals surface area contributed by atoms with E-state index in [4.69, 9.17) is 9.47 Å². The lowest BCUT2D eigenvalue weighted by atomic mass is 9.87. The lowest BCUT2D eigenvalue weighted by Gasteiger charge is -2.20. The van der Waals surface area contributed by atoms with E-state index in [2.05, 4.69) is 0 Å². The van der Waals surface area contributed by atoms with Gasteiger partial charge < -0.3 is 9.47 Å². The van der Waals surface area contributed by atoms with Crippen LogP contribution < -0.4 is 9.47 Å². The summed E-state index contributed by atoms with van der Waals surface area (Å²) in [6.07, 6.45) is 1.84. The van der Waals surface area contributed by atoms with Crippen LogP contribution in [0.15, 0.2) is 48.5 Å². The summed E-state index contributed by atoms with van der Waals surface area (Å²) >= 11 is 0. The predicted molar refractivity (Wildman–Crippen MR) is 79.1 cm³/mol. The van der Waals surface area contributed by atoms with E-state index in [-0.39, 0.29) is 11.2 Å². The fourth-order valence-electron chi connectivity index (χ4n) is 2.99. The molecule has 0 N–H and O–H groups in total. The minimum absolute atomic E-state index is 0.186. The largest absolute Gasteiger partial charge is 0.486 e. The van der Waals surface area contributed by atoms with Gasteiger partial charge in [0.05, 0.1) is 5.41 Å². The molecular weight excluding hydrogens is 264 g/mol. The number of carbonyl (C=O) groups excluding carboxylic acids is 1. The van der Waals surface area contributed by atoms with E-state index >= 15 is 0 Å². The highest BCUT2D eigenvalue weighted by molar-refractivity contribution is 6.06. The van der Waals surface area contributed by atoms with Crippen LogP contribution in [-0.2, 0) is 5.41 Å². The summed E-state index contributed by atoms with van der Waals surface area (Å²) < 4.78 is 11.1. The third-order valence-electron chi connectivity index (χ3n) is 4.32. The van der Waals surface area contributed by atoms with Gasteiger partial charge >= 0.3 is 0 Å². The number of Topliss-reactive ketones (excluding diaryl/α,β-unsaturated/α-hetero) is 1. The standard InChI is InChI=1S/C18H16O3/c19-17(18(8-9-18)14-4-2-1-3-5-14)13-6-7-15-16(12-13)21-11-10-20-15/h1-7,12H,8-11H2. The number of ketones is 1. The predicted octanol–water partition coefficient (Wildman–Crippen LogP) is 3.37. The molecule has 106 valence electrons. The monoisotopic (exact) mass is 280 g/mol.